The van der Waals surface area contributed by atoms with Crippen LogP contribution in [0.4, 0.5) is 11.4 Å². The van der Waals surface area contributed by atoms with Gasteiger partial charge in [-0.3, -0.25) is 14.8 Å². The number of nitrogens with one attached hydrogen (secondary N) is 2. The van der Waals surface area contributed by atoms with Crippen LogP contribution in [0.25, 0.3) is 11.1 Å². The highest BCUT2D eigenvalue weighted by atomic mass is 35.5. The molecule has 0 spiro atoms. The summed E-state index contributed by atoms with van der Waals surface area (Å²) in [7, 11) is 4.03. The quantitative estimate of drug-likeness (QED) is 0.422. The molecule has 8 heteroatoms. The summed E-state index contributed by atoms with van der Waals surface area (Å²) in [6, 6.07) is 18.5. The molecule has 1 aliphatic heterocycles. The topological polar surface area (TPSA) is 90.7 Å². The Morgan fingerprint density at radius 1 is 1.06 bits per heavy atom. The third-order valence-corrected chi connectivity index (χ3v) is 5.75. The highest BCUT2D eigenvalue weighted by molar-refractivity contribution is 6.31. The maximum absolute atomic E-state index is 13.1. The number of carbonyl (C=O) groups excluding carboxylic acids is 1. The molecule has 166 valence electrons. The van der Waals surface area contributed by atoms with Crippen molar-refractivity contribution in [2.24, 2.45) is 4.99 Å². The molecule has 2 heterocycles. The summed E-state index contributed by atoms with van der Waals surface area (Å²) >= 11 is 6.13. The third-order valence-electron chi connectivity index (χ3n) is 5.52. The lowest BCUT2D eigenvalue weighted by molar-refractivity contribution is -0.115. The smallest absolute Gasteiger partial charge is 0.408 e. The average molecular weight is 461 g/mol. The van der Waals surface area contributed by atoms with Crippen molar-refractivity contribution >= 4 is 45.7 Å². The standard InChI is InChI=1S/C25H21ClN4O3/c1-30(2)13-14-3-7-17(8-4-14)27-23(15-5-10-21-20(11-15)29-25(32)33-21)22-18-9-6-16(26)12-19(18)28-24(22)31/h3-12,22H,13H2,1-2H3,(H,28,31)(H,29,32). The van der Waals surface area contributed by atoms with Gasteiger partial charge in [-0.25, -0.2) is 4.79 Å². The molecule has 0 saturated carbocycles. The Labute approximate surface area is 194 Å². The number of rotatable bonds is 5. The second-order valence-corrected chi connectivity index (χ2v) is 8.72. The number of aromatic nitrogens is 1. The van der Waals surface area contributed by atoms with Crippen LogP contribution in [0, 0.1) is 0 Å². The van der Waals surface area contributed by atoms with E-state index in [-0.39, 0.29) is 5.91 Å². The maximum atomic E-state index is 13.1. The Bertz CT molecular complexity index is 1450. The number of halogens is 1. The van der Waals surface area contributed by atoms with Crippen molar-refractivity contribution in [2.75, 3.05) is 19.4 Å². The van der Waals surface area contributed by atoms with Crippen molar-refractivity contribution in [1.82, 2.24) is 9.88 Å². The molecule has 0 radical (unpaired) electrons. The molecular formula is C25H21ClN4O3. The van der Waals surface area contributed by atoms with Gasteiger partial charge in [-0.1, -0.05) is 29.8 Å². The molecule has 1 atom stereocenters. The minimum atomic E-state index is -0.630. The number of nitrogens with zero attached hydrogens (tertiary/aromatic N) is 2. The minimum absolute atomic E-state index is 0.184. The predicted molar refractivity (Wildman–Crippen MR) is 130 cm³/mol. The Balaban J connectivity index is 1.64. The van der Waals surface area contributed by atoms with Crippen LogP contribution in [0.2, 0.25) is 5.02 Å². The van der Waals surface area contributed by atoms with Gasteiger partial charge in [0.05, 0.1) is 16.9 Å². The zero-order chi connectivity index (χ0) is 23.1. The second-order valence-electron chi connectivity index (χ2n) is 8.28. The second kappa shape index (κ2) is 8.35. The molecule has 1 unspecified atom stereocenters. The van der Waals surface area contributed by atoms with Crippen LogP contribution < -0.4 is 11.1 Å². The molecule has 5 rings (SSSR count). The maximum Gasteiger partial charge on any atom is 0.417 e. The van der Waals surface area contributed by atoms with Crippen LogP contribution in [0.1, 0.15) is 22.6 Å². The first-order valence-electron chi connectivity index (χ1n) is 10.4. The van der Waals surface area contributed by atoms with Gasteiger partial charge in [0.1, 0.15) is 5.92 Å². The minimum Gasteiger partial charge on any atom is -0.408 e. The SMILES string of the molecule is CN(C)Cc1ccc(N=C(c2ccc3oc(=O)[nH]c3c2)C2C(=O)Nc3cc(Cl)ccc32)cc1. The molecule has 0 aliphatic carbocycles. The predicted octanol–water partition coefficient (Wildman–Crippen LogP) is 4.69. The van der Waals surface area contributed by atoms with E-state index in [2.05, 4.69) is 15.2 Å². The largest absolute Gasteiger partial charge is 0.417 e. The summed E-state index contributed by atoms with van der Waals surface area (Å²) < 4.78 is 5.13. The van der Waals surface area contributed by atoms with Crippen LogP contribution in [0.15, 0.2) is 74.9 Å². The number of aromatic amines is 1. The number of hydrogen-bond acceptors (Lipinski definition) is 5. The lowest BCUT2D eigenvalue weighted by Crippen LogP contribution is -2.22. The molecule has 3 aromatic carbocycles. The first kappa shape index (κ1) is 21.2. The fraction of sp³-hybridized carbons (Fsp3) is 0.160. The number of fused-ring (bicyclic) bond motifs is 2. The summed E-state index contributed by atoms with van der Waals surface area (Å²) in [5.41, 5.74) is 5.62. The fourth-order valence-electron chi connectivity index (χ4n) is 4.09. The Morgan fingerprint density at radius 3 is 2.61 bits per heavy atom. The van der Waals surface area contributed by atoms with Crippen molar-refractivity contribution in [1.29, 1.82) is 0 Å². The molecule has 2 N–H and O–H groups in total. The van der Waals surface area contributed by atoms with Gasteiger partial charge < -0.3 is 14.6 Å². The van der Waals surface area contributed by atoms with Gasteiger partial charge in [0.2, 0.25) is 5.91 Å². The van der Waals surface area contributed by atoms with Crippen molar-refractivity contribution in [3.63, 3.8) is 0 Å². The van der Waals surface area contributed by atoms with E-state index in [0.29, 0.717) is 33.1 Å². The van der Waals surface area contributed by atoms with E-state index >= 15 is 0 Å². The van der Waals surface area contributed by atoms with E-state index in [1.54, 1.807) is 30.3 Å². The molecule has 1 amide bonds. The average Bonchev–Trinajstić information content (AvgIpc) is 3.29. The van der Waals surface area contributed by atoms with Crippen LogP contribution in [0.5, 0.6) is 0 Å². The molecule has 4 aromatic rings. The Kier molecular flexibility index (Phi) is 5.36. The van der Waals surface area contributed by atoms with Gasteiger partial charge in [-0.15, -0.1) is 0 Å². The summed E-state index contributed by atoms with van der Waals surface area (Å²) in [5, 5.41) is 3.45. The zero-order valence-corrected chi connectivity index (χ0v) is 18.8. The summed E-state index contributed by atoms with van der Waals surface area (Å²) in [6.45, 7) is 0.820. The van der Waals surface area contributed by atoms with E-state index in [9.17, 15) is 9.59 Å². The molecule has 1 aromatic heterocycles. The lowest BCUT2D eigenvalue weighted by atomic mass is 9.90. The first-order chi connectivity index (χ1) is 15.9. The number of aliphatic imine (C=N–C) groups is 1. The van der Waals surface area contributed by atoms with Gasteiger partial charge in [0.15, 0.2) is 5.58 Å². The van der Waals surface area contributed by atoms with Crippen molar-refractivity contribution in [3.8, 4) is 0 Å². The molecule has 0 saturated heterocycles. The fourth-order valence-corrected chi connectivity index (χ4v) is 4.27. The Hall–Kier alpha value is -3.68. The molecule has 0 fully saturated rings. The first-order valence-corrected chi connectivity index (χ1v) is 10.8. The normalized spacial score (nSPS) is 15.8. The summed E-state index contributed by atoms with van der Waals surface area (Å²) in [5.74, 6) is -1.35. The molecular weight excluding hydrogens is 440 g/mol. The number of benzene rings is 3. The number of amides is 1. The monoisotopic (exact) mass is 460 g/mol. The van der Waals surface area contributed by atoms with Crippen molar-refractivity contribution in [3.05, 3.63) is 92.9 Å². The van der Waals surface area contributed by atoms with Crippen molar-refractivity contribution in [2.45, 2.75) is 12.5 Å². The van der Waals surface area contributed by atoms with Gasteiger partial charge in [0.25, 0.3) is 0 Å². The molecule has 1 aliphatic rings. The van der Waals surface area contributed by atoms with Crippen LogP contribution in [0.3, 0.4) is 0 Å². The third kappa shape index (κ3) is 4.20. The van der Waals surface area contributed by atoms with Gasteiger partial charge in [-0.05, 0) is 73.3 Å². The van der Waals surface area contributed by atoms with E-state index < -0.39 is 11.7 Å². The lowest BCUT2D eigenvalue weighted by Gasteiger charge is -2.14. The number of carbonyl (C=O) groups is 1. The highest BCUT2D eigenvalue weighted by Crippen LogP contribution is 2.38. The van der Waals surface area contributed by atoms with E-state index in [4.69, 9.17) is 21.0 Å². The number of anilines is 1. The van der Waals surface area contributed by atoms with Gasteiger partial charge in [0, 0.05) is 17.3 Å². The van der Waals surface area contributed by atoms with Crippen molar-refractivity contribution < 1.29 is 9.21 Å². The van der Waals surface area contributed by atoms with Crippen LogP contribution in [-0.4, -0.2) is 35.6 Å². The zero-order valence-electron chi connectivity index (χ0n) is 18.1. The van der Waals surface area contributed by atoms with Crippen LogP contribution in [-0.2, 0) is 11.3 Å². The number of oxazole rings is 1. The molecule has 7 nitrogen and oxygen atoms in total. The van der Waals surface area contributed by atoms with E-state index in [1.807, 2.05) is 44.4 Å². The van der Waals surface area contributed by atoms with Gasteiger partial charge >= 0.3 is 5.76 Å². The highest BCUT2D eigenvalue weighted by Gasteiger charge is 2.35. The Morgan fingerprint density at radius 2 is 1.85 bits per heavy atom. The van der Waals surface area contributed by atoms with Crippen LogP contribution >= 0.6 is 11.6 Å². The summed E-state index contributed by atoms with van der Waals surface area (Å²) in [6.07, 6.45) is 0. The number of H-pyrrole nitrogens is 1. The van der Waals surface area contributed by atoms with E-state index in [0.717, 1.165) is 23.4 Å². The molecule has 0 bridgehead atoms. The number of hydrogen-bond donors (Lipinski definition) is 2. The van der Waals surface area contributed by atoms with Gasteiger partial charge in [-0.2, -0.15) is 0 Å². The summed E-state index contributed by atoms with van der Waals surface area (Å²) in [4.78, 5) is 34.4. The molecule has 33 heavy (non-hydrogen) atoms. The van der Waals surface area contributed by atoms with E-state index in [1.165, 1.54) is 0 Å².